The number of benzene rings is 4. The van der Waals surface area contributed by atoms with Crippen molar-refractivity contribution >= 4 is 35.4 Å². The van der Waals surface area contributed by atoms with E-state index in [4.69, 9.17) is 4.43 Å². The zero-order chi connectivity index (χ0) is 26.0. The Hall–Kier alpha value is -3.73. The van der Waals surface area contributed by atoms with E-state index in [9.17, 15) is 4.79 Å². The summed E-state index contributed by atoms with van der Waals surface area (Å²) < 4.78 is 7.16. The van der Waals surface area contributed by atoms with Gasteiger partial charge in [-0.3, -0.25) is 4.79 Å². The smallest absolute Gasteiger partial charge is 0.254 e. The normalized spacial score (nSPS) is 13.0. The molecular formula is C33H33NO2Si. The minimum Gasteiger partial charge on any atom is -0.394 e. The van der Waals surface area contributed by atoms with Crippen LogP contribution in [0.1, 0.15) is 48.4 Å². The van der Waals surface area contributed by atoms with Crippen molar-refractivity contribution in [2.24, 2.45) is 0 Å². The second-order valence-corrected chi connectivity index (χ2v) is 14.2. The lowest BCUT2D eigenvalue weighted by Gasteiger charge is -2.33. The first-order chi connectivity index (χ1) is 17.8. The van der Waals surface area contributed by atoms with E-state index >= 15 is 0 Å². The van der Waals surface area contributed by atoms with Crippen molar-refractivity contribution < 1.29 is 9.22 Å². The van der Waals surface area contributed by atoms with Crippen LogP contribution in [-0.2, 0) is 9.84 Å². The second-order valence-electron chi connectivity index (χ2n) is 10.7. The maximum atomic E-state index is 14.3. The highest BCUT2D eigenvalue weighted by molar-refractivity contribution is 6.96. The van der Waals surface area contributed by atoms with Gasteiger partial charge in [0, 0.05) is 17.3 Å². The molecule has 0 spiro atoms. The number of aromatic nitrogens is 1. The molecule has 1 atom stereocenters. The van der Waals surface area contributed by atoms with E-state index in [1.807, 2.05) is 72.9 Å². The largest absolute Gasteiger partial charge is 0.394 e. The summed E-state index contributed by atoms with van der Waals surface area (Å²) >= 11 is 0. The molecule has 1 heterocycles. The highest BCUT2D eigenvalue weighted by Gasteiger charge is 2.40. The standard InChI is InChI=1S/C33H33NO2Si/c1-33(2,3)26-20-18-25(19-21-26)31(35)32(29-17-11-12-24-22-23-34-30(24)29)36-37(4,27-13-7-5-8-14-27)28-15-9-6-10-16-28/h5-23,32,34H,1-4H3/t32-/m0/s1. The summed E-state index contributed by atoms with van der Waals surface area (Å²) in [6.07, 6.45) is 1.15. The van der Waals surface area contributed by atoms with Gasteiger partial charge in [0.1, 0.15) is 6.10 Å². The number of fused-ring (bicyclic) bond motifs is 1. The monoisotopic (exact) mass is 503 g/mol. The van der Waals surface area contributed by atoms with E-state index in [1.165, 1.54) is 5.56 Å². The lowest BCUT2D eigenvalue weighted by molar-refractivity contribution is 0.0788. The first-order valence-corrected chi connectivity index (χ1v) is 15.2. The Bertz CT molecular complexity index is 1460. The maximum Gasteiger partial charge on any atom is 0.254 e. The predicted octanol–water partition coefficient (Wildman–Crippen LogP) is 6.80. The third kappa shape index (κ3) is 4.95. The Morgan fingerprint density at radius 2 is 1.35 bits per heavy atom. The molecule has 0 amide bonds. The van der Waals surface area contributed by atoms with Crippen LogP contribution >= 0.6 is 0 Å². The zero-order valence-corrected chi connectivity index (χ0v) is 22.9. The molecule has 5 aromatic rings. The number of hydrogen-bond acceptors (Lipinski definition) is 2. The number of hydrogen-bond donors (Lipinski definition) is 1. The fraction of sp³-hybridized carbons (Fsp3) is 0.182. The molecule has 0 aliphatic heterocycles. The topological polar surface area (TPSA) is 42.1 Å². The number of H-pyrrole nitrogens is 1. The van der Waals surface area contributed by atoms with Gasteiger partial charge >= 0.3 is 0 Å². The average molecular weight is 504 g/mol. The quantitative estimate of drug-likeness (QED) is 0.196. The van der Waals surface area contributed by atoms with Crippen molar-refractivity contribution in [1.82, 2.24) is 4.98 Å². The van der Waals surface area contributed by atoms with Crippen LogP contribution in [0.5, 0.6) is 0 Å². The molecular weight excluding hydrogens is 470 g/mol. The van der Waals surface area contributed by atoms with Crippen LogP contribution in [0.25, 0.3) is 10.9 Å². The van der Waals surface area contributed by atoms with Crippen molar-refractivity contribution in [3.63, 3.8) is 0 Å². The number of Topliss-reactive ketones (excluding diaryl/α,β-unsaturated/α-hetero) is 1. The second kappa shape index (κ2) is 9.96. The summed E-state index contributed by atoms with van der Waals surface area (Å²) in [6, 6.07) is 36.8. The lowest BCUT2D eigenvalue weighted by Crippen LogP contribution is -2.59. The van der Waals surface area contributed by atoms with Crippen molar-refractivity contribution in [2.75, 3.05) is 0 Å². The molecule has 5 rings (SSSR count). The van der Waals surface area contributed by atoms with Gasteiger partial charge in [-0.2, -0.15) is 0 Å². The molecule has 37 heavy (non-hydrogen) atoms. The zero-order valence-electron chi connectivity index (χ0n) is 21.9. The van der Waals surface area contributed by atoms with Crippen LogP contribution in [0.15, 0.2) is 115 Å². The van der Waals surface area contributed by atoms with E-state index in [-0.39, 0.29) is 11.2 Å². The fourth-order valence-corrected chi connectivity index (χ4v) is 7.89. The SMILES string of the molecule is CC(C)(C)c1ccc(C(=O)[C@@H](O[Si](C)(c2ccccc2)c2ccccc2)c2cccc3cc[nH]c23)cc1. The van der Waals surface area contributed by atoms with Crippen LogP contribution in [-0.4, -0.2) is 19.1 Å². The Balaban J connectivity index is 1.65. The Kier molecular flexibility index (Phi) is 6.72. The fourth-order valence-electron chi connectivity index (χ4n) is 4.92. The van der Waals surface area contributed by atoms with Crippen molar-refractivity contribution in [3.8, 4) is 0 Å². The molecule has 4 heteroatoms. The van der Waals surface area contributed by atoms with E-state index in [0.29, 0.717) is 5.56 Å². The summed E-state index contributed by atoms with van der Waals surface area (Å²) in [5.74, 6) is -0.0341. The van der Waals surface area contributed by atoms with E-state index in [2.05, 4.69) is 74.8 Å². The molecule has 1 aromatic heterocycles. The van der Waals surface area contributed by atoms with Crippen LogP contribution in [0.4, 0.5) is 0 Å². The Morgan fingerprint density at radius 1 is 0.757 bits per heavy atom. The average Bonchev–Trinajstić information content (AvgIpc) is 3.41. The minimum atomic E-state index is -2.79. The lowest BCUT2D eigenvalue weighted by atomic mass is 9.86. The van der Waals surface area contributed by atoms with Crippen LogP contribution in [0.3, 0.4) is 0 Å². The van der Waals surface area contributed by atoms with Crippen molar-refractivity contribution in [2.45, 2.75) is 38.8 Å². The van der Waals surface area contributed by atoms with Gasteiger partial charge in [0.25, 0.3) is 8.32 Å². The van der Waals surface area contributed by atoms with Gasteiger partial charge in [0.2, 0.25) is 0 Å². The first kappa shape index (κ1) is 24.9. The number of carbonyl (C=O) groups excluding carboxylic acids is 1. The number of nitrogens with one attached hydrogen (secondary N) is 1. The summed E-state index contributed by atoms with van der Waals surface area (Å²) in [4.78, 5) is 17.6. The highest BCUT2D eigenvalue weighted by atomic mass is 28.4. The molecule has 0 aliphatic rings. The molecule has 0 fully saturated rings. The number of rotatable bonds is 7. The van der Waals surface area contributed by atoms with Gasteiger partial charge in [-0.15, -0.1) is 0 Å². The van der Waals surface area contributed by atoms with Crippen molar-refractivity contribution in [1.29, 1.82) is 0 Å². The van der Waals surface area contributed by atoms with E-state index < -0.39 is 14.4 Å². The molecule has 0 saturated heterocycles. The highest BCUT2D eigenvalue weighted by Crippen LogP contribution is 2.32. The molecule has 1 N–H and O–H groups in total. The van der Waals surface area contributed by atoms with Crippen LogP contribution < -0.4 is 10.4 Å². The molecule has 0 radical (unpaired) electrons. The summed E-state index contributed by atoms with van der Waals surface area (Å²) in [5, 5.41) is 3.31. The number of carbonyl (C=O) groups is 1. The van der Waals surface area contributed by atoms with Gasteiger partial charge in [-0.05, 0) is 39.4 Å². The summed E-state index contributed by atoms with van der Waals surface area (Å²) in [6.45, 7) is 8.73. The van der Waals surface area contributed by atoms with Gasteiger partial charge < -0.3 is 9.41 Å². The molecule has 0 bridgehead atoms. The Labute approximate surface area is 220 Å². The molecule has 0 saturated carbocycles. The third-order valence-electron chi connectivity index (χ3n) is 7.18. The van der Waals surface area contributed by atoms with Crippen molar-refractivity contribution in [3.05, 3.63) is 132 Å². The number of para-hydroxylation sites is 1. The number of aromatic amines is 1. The molecule has 3 nitrogen and oxygen atoms in total. The third-order valence-corrected chi connectivity index (χ3v) is 10.8. The van der Waals surface area contributed by atoms with Gasteiger partial charge in [0.05, 0.1) is 5.52 Å². The first-order valence-electron chi connectivity index (χ1n) is 12.8. The number of ketones is 1. The predicted molar refractivity (Wildman–Crippen MR) is 155 cm³/mol. The molecule has 4 aromatic carbocycles. The Morgan fingerprint density at radius 3 is 1.92 bits per heavy atom. The van der Waals surface area contributed by atoms with Gasteiger partial charge in [0.15, 0.2) is 5.78 Å². The van der Waals surface area contributed by atoms with Crippen LogP contribution in [0.2, 0.25) is 6.55 Å². The summed E-state index contributed by atoms with van der Waals surface area (Å²) in [5.41, 5.74) is 3.65. The van der Waals surface area contributed by atoms with Crippen LogP contribution in [0, 0.1) is 0 Å². The molecule has 186 valence electrons. The van der Waals surface area contributed by atoms with E-state index in [1.54, 1.807) is 0 Å². The molecule has 0 aliphatic carbocycles. The van der Waals surface area contributed by atoms with Gasteiger partial charge in [-0.1, -0.05) is 124 Å². The molecule has 0 unspecified atom stereocenters. The maximum absolute atomic E-state index is 14.3. The van der Waals surface area contributed by atoms with Gasteiger partial charge in [-0.25, -0.2) is 0 Å². The van der Waals surface area contributed by atoms with E-state index in [0.717, 1.165) is 26.8 Å². The summed E-state index contributed by atoms with van der Waals surface area (Å²) in [7, 11) is -2.79. The minimum absolute atomic E-state index is 0.0133.